The van der Waals surface area contributed by atoms with Crippen LogP contribution in [0, 0.1) is 0 Å². The summed E-state index contributed by atoms with van der Waals surface area (Å²) in [5.74, 6) is 0. The van der Waals surface area contributed by atoms with E-state index < -0.39 is 17.4 Å². The quantitative estimate of drug-likeness (QED) is 0.765. The second-order valence-corrected chi connectivity index (χ2v) is 3.39. The van der Waals surface area contributed by atoms with Crippen LogP contribution in [0.1, 0.15) is 5.56 Å². The maximum atomic E-state index is 12.5. The van der Waals surface area contributed by atoms with Crippen LogP contribution in [0.15, 0.2) is 51.9 Å². The number of alkyl halides is 3. The molecule has 2 rings (SSSR count). The number of halogens is 3. The van der Waals surface area contributed by atoms with Crippen molar-refractivity contribution in [2.75, 3.05) is 0 Å². The van der Waals surface area contributed by atoms with Gasteiger partial charge in [-0.3, -0.25) is 0 Å². The van der Waals surface area contributed by atoms with Crippen LogP contribution in [-0.4, -0.2) is 0 Å². The van der Waals surface area contributed by atoms with Crippen molar-refractivity contribution in [2.45, 2.75) is 6.18 Å². The predicted molar refractivity (Wildman–Crippen MR) is 55.4 cm³/mol. The van der Waals surface area contributed by atoms with Gasteiger partial charge in [0.15, 0.2) is 0 Å². The molecule has 0 aliphatic carbocycles. The lowest BCUT2D eigenvalue weighted by atomic mass is 10.0. The summed E-state index contributed by atoms with van der Waals surface area (Å²) in [6.45, 7) is 0. The molecular weight excluding hydrogens is 233 g/mol. The average Bonchev–Trinajstić information content (AvgIpc) is 2.29. The molecule has 0 saturated carbocycles. The van der Waals surface area contributed by atoms with Crippen LogP contribution in [0.3, 0.4) is 0 Å². The van der Waals surface area contributed by atoms with Gasteiger partial charge in [0, 0.05) is 0 Å². The topological polar surface area (TPSA) is 30.2 Å². The lowest BCUT2D eigenvalue weighted by Gasteiger charge is -2.07. The first-order valence-electron chi connectivity index (χ1n) is 4.74. The van der Waals surface area contributed by atoms with E-state index in [2.05, 4.69) is 4.42 Å². The highest BCUT2D eigenvalue weighted by molar-refractivity contribution is 5.62. The van der Waals surface area contributed by atoms with Crippen molar-refractivity contribution in [3.8, 4) is 11.1 Å². The largest absolute Gasteiger partial charge is 0.431 e. The first-order chi connectivity index (χ1) is 7.98. The second-order valence-electron chi connectivity index (χ2n) is 3.39. The molecule has 0 fully saturated rings. The summed E-state index contributed by atoms with van der Waals surface area (Å²) in [6, 6.07) is 7.44. The summed E-state index contributed by atoms with van der Waals surface area (Å²) in [5, 5.41) is 0. The van der Waals surface area contributed by atoms with E-state index in [1.54, 1.807) is 0 Å². The van der Waals surface area contributed by atoms with Gasteiger partial charge in [-0.15, -0.1) is 0 Å². The maximum absolute atomic E-state index is 12.5. The van der Waals surface area contributed by atoms with Gasteiger partial charge in [0.25, 0.3) is 0 Å². The van der Waals surface area contributed by atoms with Crippen LogP contribution < -0.4 is 5.63 Å². The normalized spacial score (nSPS) is 11.5. The molecule has 2 aromatic rings. The first kappa shape index (κ1) is 11.4. The molecule has 0 saturated heterocycles. The Morgan fingerprint density at radius 2 is 1.82 bits per heavy atom. The minimum atomic E-state index is -4.43. The molecule has 1 aromatic carbocycles. The molecule has 0 unspecified atom stereocenters. The molecule has 0 N–H and O–H groups in total. The minimum absolute atomic E-state index is 0.110. The van der Waals surface area contributed by atoms with Crippen molar-refractivity contribution in [3.05, 3.63) is 58.6 Å². The average molecular weight is 240 g/mol. The summed E-state index contributed by atoms with van der Waals surface area (Å²) >= 11 is 0. The molecule has 0 amide bonds. The smallest absolute Gasteiger partial charge is 0.416 e. The molecule has 88 valence electrons. The summed E-state index contributed by atoms with van der Waals surface area (Å²) < 4.78 is 42.0. The van der Waals surface area contributed by atoms with E-state index in [9.17, 15) is 18.0 Å². The van der Waals surface area contributed by atoms with Crippen molar-refractivity contribution in [1.29, 1.82) is 0 Å². The minimum Gasteiger partial charge on any atom is -0.431 e. The fourth-order valence-corrected chi connectivity index (χ4v) is 1.45. The fraction of sp³-hybridized carbons (Fsp3) is 0.0833. The molecule has 0 atom stereocenters. The molecule has 0 spiro atoms. The molecule has 2 nitrogen and oxygen atoms in total. The number of hydrogen-bond acceptors (Lipinski definition) is 2. The standard InChI is InChI=1S/C12H7F3O2/c13-12(14,15)9-4-1-3-8(7-9)10-5-2-6-17-11(10)16/h1-7H. The molecule has 1 heterocycles. The van der Waals surface area contributed by atoms with Gasteiger partial charge in [-0.25, -0.2) is 4.79 Å². The second kappa shape index (κ2) is 4.08. The van der Waals surface area contributed by atoms with Crippen LogP contribution in [0.5, 0.6) is 0 Å². The van der Waals surface area contributed by atoms with E-state index in [1.807, 2.05) is 0 Å². The maximum Gasteiger partial charge on any atom is 0.416 e. The first-order valence-corrected chi connectivity index (χ1v) is 4.74. The molecule has 17 heavy (non-hydrogen) atoms. The van der Waals surface area contributed by atoms with E-state index in [0.717, 1.165) is 12.1 Å². The van der Waals surface area contributed by atoms with Crippen LogP contribution in [0.2, 0.25) is 0 Å². The van der Waals surface area contributed by atoms with Crippen LogP contribution in [0.25, 0.3) is 11.1 Å². The Labute approximate surface area is 94.3 Å². The van der Waals surface area contributed by atoms with Crippen LogP contribution in [-0.2, 0) is 6.18 Å². The van der Waals surface area contributed by atoms with E-state index in [1.165, 1.54) is 30.5 Å². The summed E-state index contributed by atoms with van der Waals surface area (Å²) in [6.07, 6.45) is -3.25. The highest BCUT2D eigenvalue weighted by atomic mass is 19.4. The van der Waals surface area contributed by atoms with E-state index >= 15 is 0 Å². The Balaban J connectivity index is 2.55. The molecular formula is C12H7F3O2. The van der Waals surface area contributed by atoms with Gasteiger partial charge in [0.05, 0.1) is 17.4 Å². The zero-order chi connectivity index (χ0) is 12.5. The predicted octanol–water partition coefficient (Wildman–Crippen LogP) is 3.33. The number of hydrogen-bond donors (Lipinski definition) is 0. The third-order valence-corrected chi connectivity index (χ3v) is 2.24. The Bertz CT molecular complexity index is 585. The Hall–Kier alpha value is -2.04. The fourth-order valence-electron chi connectivity index (χ4n) is 1.45. The van der Waals surface area contributed by atoms with Crippen molar-refractivity contribution in [3.63, 3.8) is 0 Å². The summed E-state index contributed by atoms with van der Waals surface area (Å²) in [7, 11) is 0. The van der Waals surface area contributed by atoms with E-state index in [4.69, 9.17) is 0 Å². The number of rotatable bonds is 1. The van der Waals surface area contributed by atoms with Crippen molar-refractivity contribution < 1.29 is 17.6 Å². The summed E-state index contributed by atoms with van der Waals surface area (Å²) in [4.78, 5) is 11.3. The van der Waals surface area contributed by atoms with Crippen LogP contribution in [0.4, 0.5) is 13.2 Å². The monoisotopic (exact) mass is 240 g/mol. The third-order valence-electron chi connectivity index (χ3n) is 2.24. The Kier molecular flexibility index (Phi) is 2.75. The van der Waals surface area contributed by atoms with Gasteiger partial charge >= 0.3 is 11.8 Å². The molecule has 1 aromatic heterocycles. The van der Waals surface area contributed by atoms with Gasteiger partial charge in [-0.05, 0) is 29.8 Å². The van der Waals surface area contributed by atoms with Crippen molar-refractivity contribution in [2.24, 2.45) is 0 Å². The third kappa shape index (κ3) is 2.38. The molecule has 0 radical (unpaired) electrons. The zero-order valence-electron chi connectivity index (χ0n) is 8.49. The van der Waals surface area contributed by atoms with Gasteiger partial charge in [-0.1, -0.05) is 12.1 Å². The lowest BCUT2D eigenvalue weighted by Crippen LogP contribution is -2.06. The van der Waals surface area contributed by atoms with Crippen molar-refractivity contribution in [1.82, 2.24) is 0 Å². The lowest BCUT2D eigenvalue weighted by molar-refractivity contribution is -0.137. The molecule has 0 bridgehead atoms. The van der Waals surface area contributed by atoms with Crippen LogP contribution >= 0.6 is 0 Å². The van der Waals surface area contributed by atoms with Crippen molar-refractivity contribution >= 4 is 0 Å². The van der Waals surface area contributed by atoms with E-state index in [0.29, 0.717) is 0 Å². The van der Waals surface area contributed by atoms with Gasteiger partial charge in [0.2, 0.25) is 0 Å². The van der Waals surface area contributed by atoms with E-state index in [-0.39, 0.29) is 11.1 Å². The highest BCUT2D eigenvalue weighted by Crippen LogP contribution is 2.31. The Morgan fingerprint density at radius 3 is 2.47 bits per heavy atom. The number of benzene rings is 1. The zero-order valence-corrected chi connectivity index (χ0v) is 8.49. The Morgan fingerprint density at radius 1 is 1.06 bits per heavy atom. The molecule has 0 aliphatic rings. The molecule has 0 aliphatic heterocycles. The van der Waals surface area contributed by atoms with Gasteiger partial charge in [0.1, 0.15) is 0 Å². The molecule has 5 heteroatoms. The SMILES string of the molecule is O=c1occcc1-c1cccc(C(F)(F)F)c1. The highest BCUT2D eigenvalue weighted by Gasteiger charge is 2.30. The van der Waals surface area contributed by atoms with Gasteiger partial charge < -0.3 is 4.42 Å². The van der Waals surface area contributed by atoms with Gasteiger partial charge in [-0.2, -0.15) is 13.2 Å². The summed E-state index contributed by atoms with van der Waals surface area (Å²) in [5.41, 5.74) is -1.15.